The lowest BCUT2D eigenvalue weighted by Crippen LogP contribution is -2.52. The van der Waals surface area contributed by atoms with Crippen molar-refractivity contribution in [2.24, 2.45) is 5.92 Å². The molecule has 0 amide bonds. The Hall–Kier alpha value is -1.24. The minimum atomic E-state index is 0.189. The number of likely N-dealkylation sites (N-methyl/N-ethyl adjacent to an activating group) is 1. The molecule has 0 heterocycles. The number of nitrogens with zero attached hydrogens (tertiary/aromatic N) is 2. The lowest BCUT2D eigenvalue weighted by molar-refractivity contribution is 0.0882. The van der Waals surface area contributed by atoms with E-state index in [0.29, 0.717) is 10.6 Å². The summed E-state index contributed by atoms with van der Waals surface area (Å²) in [5.74, 6) is 0.763. The van der Waals surface area contributed by atoms with Gasteiger partial charge in [-0.05, 0) is 51.1 Å². The maximum atomic E-state index is 8.89. The highest BCUT2D eigenvalue weighted by molar-refractivity contribution is 6.33. The van der Waals surface area contributed by atoms with Gasteiger partial charge >= 0.3 is 0 Å². The fraction of sp³-hybridized carbons (Fsp3) is 0.588. The number of hydrogen-bond acceptors (Lipinski definition) is 3. The number of anilines is 1. The Labute approximate surface area is 132 Å². The fourth-order valence-corrected chi connectivity index (χ4v) is 3.59. The fourth-order valence-electron chi connectivity index (χ4n) is 3.34. The third kappa shape index (κ3) is 3.70. The summed E-state index contributed by atoms with van der Waals surface area (Å²) < 4.78 is 0. The molecular formula is C17H24ClN3. The molecule has 0 spiro atoms. The van der Waals surface area contributed by atoms with E-state index in [4.69, 9.17) is 16.9 Å². The quantitative estimate of drug-likeness (QED) is 0.909. The van der Waals surface area contributed by atoms with Crippen molar-refractivity contribution in [1.29, 1.82) is 5.26 Å². The van der Waals surface area contributed by atoms with E-state index in [1.807, 2.05) is 6.07 Å². The second-order valence-electron chi connectivity index (χ2n) is 6.48. The van der Waals surface area contributed by atoms with Gasteiger partial charge in [-0.1, -0.05) is 31.4 Å². The van der Waals surface area contributed by atoms with Crippen molar-refractivity contribution < 1.29 is 0 Å². The Morgan fingerprint density at radius 1 is 1.48 bits per heavy atom. The van der Waals surface area contributed by atoms with Crippen LogP contribution in [0.3, 0.4) is 0 Å². The SMILES string of the molecule is CC1CCCC(CNc2ccc(C#N)cc2Cl)(N(C)C)C1. The topological polar surface area (TPSA) is 39.1 Å². The van der Waals surface area contributed by atoms with Gasteiger partial charge in [-0.15, -0.1) is 0 Å². The molecule has 21 heavy (non-hydrogen) atoms. The van der Waals surface area contributed by atoms with Crippen molar-refractivity contribution in [3.8, 4) is 6.07 Å². The highest BCUT2D eigenvalue weighted by atomic mass is 35.5. The van der Waals surface area contributed by atoms with Crippen LogP contribution >= 0.6 is 11.6 Å². The predicted octanol–water partition coefficient (Wildman–Crippen LogP) is 4.13. The molecule has 2 atom stereocenters. The van der Waals surface area contributed by atoms with Gasteiger partial charge in [0.05, 0.1) is 22.3 Å². The van der Waals surface area contributed by atoms with Gasteiger partial charge in [-0.25, -0.2) is 0 Å². The summed E-state index contributed by atoms with van der Waals surface area (Å²) in [4.78, 5) is 2.35. The van der Waals surface area contributed by atoms with Crippen molar-refractivity contribution in [3.05, 3.63) is 28.8 Å². The molecule has 0 aliphatic heterocycles. The molecule has 1 aromatic carbocycles. The molecule has 1 fully saturated rings. The molecule has 0 bridgehead atoms. The normalized spacial score (nSPS) is 25.6. The Morgan fingerprint density at radius 3 is 2.81 bits per heavy atom. The lowest BCUT2D eigenvalue weighted by Gasteiger charge is -2.45. The van der Waals surface area contributed by atoms with Crippen LogP contribution in [0, 0.1) is 17.2 Å². The molecular weight excluding hydrogens is 282 g/mol. The maximum absolute atomic E-state index is 8.89. The zero-order valence-corrected chi connectivity index (χ0v) is 13.9. The van der Waals surface area contributed by atoms with Crippen molar-refractivity contribution >= 4 is 17.3 Å². The standard InChI is InChI=1S/C17H24ClN3/c1-13-5-4-8-17(10-13,21(2)3)12-20-16-7-6-14(11-19)9-15(16)18/h6-7,9,13,20H,4-5,8,10,12H2,1-3H3. The van der Waals surface area contributed by atoms with Crippen LogP contribution in [0.2, 0.25) is 5.02 Å². The summed E-state index contributed by atoms with van der Waals surface area (Å²) in [7, 11) is 4.33. The number of nitriles is 1. The first-order valence-electron chi connectivity index (χ1n) is 7.58. The molecule has 2 rings (SSSR count). The Balaban J connectivity index is 2.11. The second-order valence-corrected chi connectivity index (χ2v) is 6.89. The molecule has 2 unspecified atom stereocenters. The molecule has 0 radical (unpaired) electrons. The van der Waals surface area contributed by atoms with Gasteiger partial charge in [0.15, 0.2) is 0 Å². The number of rotatable bonds is 4. The summed E-state index contributed by atoms with van der Waals surface area (Å²) in [6.07, 6.45) is 5.03. The van der Waals surface area contributed by atoms with E-state index in [2.05, 4.69) is 37.3 Å². The van der Waals surface area contributed by atoms with Crippen molar-refractivity contribution in [1.82, 2.24) is 4.90 Å². The summed E-state index contributed by atoms with van der Waals surface area (Å²) in [6.45, 7) is 3.22. The van der Waals surface area contributed by atoms with Gasteiger partial charge in [-0.2, -0.15) is 5.26 Å². The number of benzene rings is 1. The molecule has 1 aliphatic carbocycles. The average molecular weight is 306 g/mol. The van der Waals surface area contributed by atoms with E-state index >= 15 is 0 Å². The molecule has 4 heteroatoms. The number of nitrogens with one attached hydrogen (secondary N) is 1. The molecule has 1 aliphatic rings. The first-order valence-corrected chi connectivity index (χ1v) is 7.95. The summed E-state index contributed by atoms with van der Waals surface area (Å²) >= 11 is 6.25. The minimum Gasteiger partial charge on any atom is -0.382 e. The Kier molecular flexibility index (Phi) is 5.13. The van der Waals surface area contributed by atoms with Gasteiger partial charge in [0, 0.05) is 12.1 Å². The third-order valence-corrected chi connectivity index (χ3v) is 5.03. The lowest BCUT2D eigenvalue weighted by atomic mass is 9.75. The highest BCUT2D eigenvalue weighted by Crippen LogP contribution is 2.36. The zero-order valence-electron chi connectivity index (χ0n) is 13.1. The Morgan fingerprint density at radius 2 is 2.24 bits per heavy atom. The second kappa shape index (κ2) is 6.68. The van der Waals surface area contributed by atoms with Crippen LogP contribution in [0.25, 0.3) is 0 Å². The molecule has 1 N–H and O–H groups in total. The van der Waals surface area contributed by atoms with Gasteiger partial charge in [-0.3, -0.25) is 0 Å². The Bertz CT molecular complexity index is 535. The van der Waals surface area contributed by atoms with Crippen molar-refractivity contribution in [3.63, 3.8) is 0 Å². The number of hydrogen-bond donors (Lipinski definition) is 1. The first kappa shape index (κ1) is 16.1. The predicted molar refractivity (Wildman–Crippen MR) is 88.7 cm³/mol. The van der Waals surface area contributed by atoms with Crippen LogP contribution in [-0.4, -0.2) is 31.1 Å². The van der Waals surface area contributed by atoms with E-state index < -0.39 is 0 Å². The van der Waals surface area contributed by atoms with Gasteiger partial charge in [0.2, 0.25) is 0 Å². The van der Waals surface area contributed by atoms with Gasteiger partial charge in [0.1, 0.15) is 0 Å². The van der Waals surface area contributed by atoms with E-state index in [-0.39, 0.29) is 5.54 Å². The van der Waals surface area contributed by atoms with Crippen LogP contribution in [-0.2, 0) is 0 Å². The highest BCUT2D eigenvalue weighted by Gasteiger charge is 2.36. The molecule has 0 aromatic heterocycles. The molecule has 114 valence electrons. The maximum Gasteiger partial charge on any atom is 0.0992 e. The first-order chi connectivity index (χ1) is 9.97. The largest absolute Gasteiger partial charge is 0.382 e. The molecule has 1 saturated carbocycles. The van der Waals surface area contributed by atoms with Crippen LogP contribution in [0.15, 0.2) is 18.2 Å². The van der Waals surface area contributed by atoms with Crippen molar-refractivity contribution in [2.75, 3.05) is 26.0 Å². The summed E-state index contributed by atoms with van der Waals surface area (Å²) in [5, 5.41) is 13.0. The van der Waals surface area contributed by atoms with Crippen LogP contribution < -0.4 is 5.32 Å². The van der Waals surface area contributed by atoms with E-state index in [1.165, 1.54) is 25.7 Å². The summed E-state index contributed by atoms with van der Waals surface area (Å²) in [6, 6.07) is 7.53. The van der Waals surface area contributed by atoms with Crippen LogP contribution in [0.4, 0.5) is 5.69 Å². The summed E-state index contributed by atoms with van der Waals surface area (Å²) in [5.41, 5.74) is 1.70. The molecule has 3 nitrogen and oxygen atoms in total. The van der Waals surface area contributed by atoms with Crippen LogP contribution in [0.1, 0.15) is 38.2 Å². The average Bonchev–Trinajstić information content (AvgIpc) is 2.45. The van der Waals surface area contributed by atoms with Crippen molar-refractivity contribution in [2.45, 2.75) is 38.1 Å². The van der Waals surface area contributed by atoms with E-state index in [0.717, 1.165) is 18.2 Å². The number of halogens is 1. The van der Waals surface area contributed by atoms with Gasteiger partial charge < -0.3 is 10.2 Å². The van der Waals surface area contributed by atoms with E-state index in [9.17, 15) is 0 Å². The smallest absolute Gasteiger partial charge is 0.0992 e. The monoisotopic (exact) mass is 305 g/mol. The molecule has 1 aromatic rings. The van der Waals surface area contributed by atoms with E-state index in [1.54, 1.807) is 12.1 Å². The van der Waals surface area contributed by atoms with Crippen LogP contribution in [0.5, 0.6) is 0 Å². The van der Waals surface area contributed by atoms with Gasteiger partial charge in [0.25, 0.3) is 0 Å². The zero-order chi connectivity index (χ0) is 15.5. The third-order valence-electron chi connectivity index (χ3n) is 4.72. The minimum absolute atomic E-state index is 0.189. The molecule has 0 saturated heterocycles.